The number of benzene rings is 2. The molecule has 1 N–H and O–H groups in total. The Hall–Kier alpha value is -1.38. The van der Waals surface area contributed by atoms with Crippen molar-refractivity contribution in [3.8, 4) is 0 Å². The number of aliphatic hydroxyl groups is 1. The van der Waals surface area contributed by atoms with Crippen LogP contribution in [0, 0.1) is 0 Å². The summed E-state index contributed by atoms with van der Waals surface area (Å²) in [5, 5.41) is 12.1. The molecule has 19 heavy (non-hydrogen) atoms. The first-order valence-electron chi connectivity index (χ1n) is 7.14. The molecule has 0 spiro atoms. The van der Waals surface area contributed by atoms with Gasteiger partial charge in [0, 0.05) is 18.4 Å². The highest BCUT2D eigenvalue weighted by atomic mass is 16.3. The van der Waals surface area contributed by atoms with Crippen molar-refractivity contribution in [1.82, 2.24) is 0 Å². The van der Waals surface area contributed by atoms with Crippen LogP contribution >= 0.6 is 0 Å². The summed E-state index contributed by atoms with van der Waals surface area (Å²) in [5.41, 5.74) is 1.38. The van der Waals surface area contributed by atoms with Crippen LogP contribution in [0.3, 0.4) is 0 Å². The molecule has 2 heteroatoms. The van der Waals surface area contributed by atoms with Crippen LogP contribution in [0.15, 0.2) is 42.5 Å². The van der Waals surface area contributed by atoms with E-state index in [2.05, 4.69) is 49.5 Å². The third-order valence-electron chi connectivity index (χ3n) is 4.66. The number of nitrogens with zero attached hydrogens (tertiary/aromatic N) is 1. The van der Waals surface area contributed by atoms with E-state index in [1.54, 1.807) is 0 Å². The topological polar surface area (TPSA) is 20.2 Å². The molecule has 2 aromatic rings. The lowest BCUT2D eigenvalue weighted by Crippen LogP contribution is -2.48. The van der Waals surface area contributed by atoms with Crippen molar-refractivity contribution in [2.75, 3.05) is 20.2 Å². The van der Waals surface area contributed by atoms with Crippen molar-refractivity contribution in [3.63, 3.8) is 0 Å². The SMILES string of the molecule is C[N@@+]1(Cc2ccc3ccccc3c2)CCC[C@H]1CO. The molecule has 2 atom stereocenters. The molecule has 1 fully saturated rings. The smallest absolute Gasteiger partial charge is 0.113 e. The van der Waals surface area contributed by atoms with Crippen LogP contribution in [-0.4, -0.2) is 35.8 Å². The summed E-state index contributed by atoms with van der Waals surface area (Å²) in [6.45, 7) is 2.51. The lowest BCUT2D eigenvalue weighted by Gasteiger charge is -2.35. The maximum atomic E-state index is 9.54. The highest BCUT2D eigenvalue weighted by Gasteiger charge is 2.37. The fourth-order valence-corrected chi connectivity index (χ4v) is 3.43. The molecule has 2 aromatic carbocycles. The fraction of sp³-hybridized carbons (Fsp3) is 0.412. The molecule has 1 aliphatic heterocycles. The first-order chi connectivity index (χ1) is 9.21. The zero-order chi connectivity index (χ0) is 13.3. The van der Waals surface area contributed by atoms with Gasteiger partial charge in [-0.1, -0.05) is 36.4 Å². The normalized spacial score (nSPS) is 26.9. The predicted octanol–water partition coefficient (Wildman–Crippen LogP) is 2.94. The van der Waals surface area contributed by atoms with E-state index >= 15 is 0 Å². The van der Waals surface area contributed by atoms with E-state index in [1.165, 1.54) is 29.3 Å². The lowest BCUT2D eigenvalue weighted by molar-refractivity contribution is -0.934. The molecule has 0 radical (unpaired) electrons. The second kappa shape index (κ2) is 4.95. The number of likely N-dealkylation sites (tertiary alicyclic amines) is 1. The number of quaternary nitrogens is 1. The van der Waals surface area contributed by atoms with Crippen molar-refractivity contribution < 1.29 is 9.59 Å². The summed E-state index contributed by atoms with van der Waals surface area (Å²) in [6, 6.07) is 15.7. The Kier molecular flexibility index (Phi) is 3.29. The van der Waals surface area contributed by atoms with Crippen LogP contribution in [0.25, 0.3) is 10.8 Å². The van der Waals surface area contributed by atoms with Crippen LogP contribution in [0.4, 0.5) is 0 Å². The second-order valence-electron chi connectivity index (χ2n) is 6.02. The van der Waals surface area contributed by atoms with Crippen LogP contribution in [-0.2, 0) is 6.54 Å². The fourth-order valence-electron chi connectivity index (χ4n) is 3.43. The summed E-state index contributed by atoms with van der Waals surface area (Å²) in [7, 11) is 2.28. The summed E-state index contributed by atoms with van der Waals surface area (Å²) < 4.78 is 0.981. The Bertz CT molecular complexity index is 580. The van der Waals surface area contributed by atoms with Gasteiger partial charge in [-0.2, -0.15) is 0 Å². The third kappa shape index (κ3) is 2.38. The van der Waals surface area contributed by atoms with E-state index in [0.29, 0.717) is 12.6 Å². The number of hydrogen-bond donors (Lipinski definition) is 1. The summed E-state index contributed by atoms with van der Waals surface area (Å²) >= 11 is 0. The van der Waals surface area contributed by atoms with Crippen molar-refractivity contribution in [2.24, 2.45) is 0 Å². The molecule has 100 valence electrons. The molecule has 1 aliphatic rings. The van der Waals surface area contributed by atoms with Gasteiger partial charge in [0.05, 0.1) is 20.2 Å². The van der Waals surface area contributed by atoms with Crippen LogP contribution in [0.1, 0.15) is 18.4 Å². The van der Waals surface area contributed by atoms with Gasteiger partial charge in [0.1, 0.15) is 12.6 Å². The molecular formula is C17H22NO+. The number of likely N-dealkylation sites (N-methyl/N-ethyl adjacent to an activating group) is 1. The molecule has 0 aliphatic carbocycles. The highest BCUT2D eigenvalue weighted by molar-refractivity contribution is 5.82. The number of aliphatic hydroxyl groups excluding tert-OH is 1. The van der Waals surface area contributed by atoms with Gasteiger partial charge < -0.3 is 9.59 Å². The maximum Gasteiger partial charge on any atom is 0.113 e. The summed E-state index contributed by atoms with van der Waals surface area (Å²) in [5.74, 6) is 0. The molecule has 1 heterocycles. The minimum absolute atomic E-state index is 0.310. The number of rotatable bonds is 3. The summed E-state index contributed by atoms with van der Waals surface area (Å²) in [4.78, 5) is 0. The van der Waals surface area contributed by atoms with Gasteiger partial charge in [-0.05, 0) is 16.8 Å². The Labute approximate surface area is 114 Å². The number of hydrogen-bond acceptors (Lipinski definition) is 1. The summed E-state index contributed by atoms with van der Waals surface area (Å²) in [6.07, 6.45) is 2.38. The van der Waals surface area contributed by atoms with E-state index < -0.39 is 0 Å². The van der Waals surface area contributed by atoms with Gasteiger partial charge in [0.25, 0.3) is 0 Å². The maximum absolute atomic E-state index is 9.54. The van der Waals surface area contributed by atoms with Gasteiger partial charge >= 0.3 is 0 Å². The lowest BCUT2D eigenvalue weighted by atomic mass is 10.1. The second-order valence-corrected chi connectivity index (χ2v) is 6.02. The zero-order valence-electron chi connectivity index (χ0n) is 11.5. The standard InChI is InChI=1S/C17H22NO/c1-18(10-4-7-17(18)13-19)12-14-8-9-15-5-2-3-6-16(15)11-14/h2-3,5-6,8-9,11,17,19H,4,7,10,12-13H2,1H3/q+1/t17-,18-/m0/s1. The van der Waals surface area contributed by atoms with Crippen molar-refractivity contribution >= 4 is 10.8 Å². The van der Waals surface area contributed by atoms with E-state index in [1.807, 2.05) is 0 Å². The average Bonchev–Trinajstić information content (AvgIpc) is 2.79. The molecule has 3 rings (SSSR count). The minimum atomic E-state index is 0.310. The average molecular weight is 256 g/mol. The van der Waals surface area contributed by atoms with Crippen LogP contribution in [0.2, 0.25) is 0 Å². The predicted molar refractivity (Wildman–Crippen MR) is 78.8 cm³/mol. The molecule has 0 aromatic heterocycles. The quantitative estimate of drug-likeness (QED) is 0.837. The zero-order valence-corrected chi connectivity index (χ0v) is 11.5. The van der Waals surface area contributed by atoms with Gasteiger partial charge in [-0.3, -0.25) is 0 Å². The largest absolute Gasteiger partial charge is 0.390 e. The van der Waals surface area contributed by atoms with Crippen LogP contribution < -0.4 is 0 Å². The molecule has 0 unspecified atom stereocenters. The molecule has 0 saturated carbocycles. The molecule has 1 saturated heterocycles. The van der Waals surface area contributed by atoms with E-state index in [-0.39, 0.29) is 0 Å². The van der Waals surface area contributed by atoms with Gasteiger partial charge in [0.15, 0.2) is 0 Å². The molecular weight excluding hydrogens is 234 g/mol. The molecule has 0 bridgehead atoms. The monoisotopic (exact) mass is 256 g/mol. The van der Waals surface area contributed by atoms with E-state index in [0.717, 1.165) is 17.4 Å². The van der Waals surface area contributed by atoms with Crippen molar-refractivity contribution in [1.29, 1.82) is 0 Å². The van der Waals surface area contributed by atoms with E-state index in [4.69, 9.17) is 0 Å². The van der Waals surface area contributed by atoms with Crippen LogP contribution in [0.5, 0.6) is 0 Å². The molecule has 2 nitrogen and oxygen atoms in total. The Balaban J connectivity index is 1.88. The Morgan fingerprint density at radius 3 is 2.74 bits per heavy atom. The van der Waals surface area contributed by atoms with Gasteiger partial charge in [0.2, 0.25) is 0 Å². The van der Waals surface area contributed by atoms with Crippen molar-refractivity contribution in [2.45, 2.75) is 25.4 Å². The van der Waals surface area contributed by atoms with Crippen molar-refractivity contribution in [3.05, 3.63) is 48.0 Å². The van der Waals surface area contributed by atoms with Gasteiger partial charge in [-0.15, -0.1) is 0 Å². The Morgan fingerprint density at radius 1 is 1.16 bits per heavy atom. The molecule has 0 amide bonds. The third-order valence-corrected chi connectivity index (χ3v) is 4.66. The van der Waals surface area contributed by atoms with E-state index in [9.17, 15) is 5.11 Å². The Morgan fingerprint density at radius 2 is 1.95 bits per heavy atom. The first-order valence-corrected chi connectivity index (χ1v) is 7.14. The minimum Gasteiger partial charge on any atom is -0.390 e. The highest BCUT2D eigenvalue weighted by Crippen LogP contribution is 2.28. The van der Waals surface area contributed by atoms with Gasteiger partial charge in [-0.25, -0.2) is 0 Å². The number of fused-ring (bicyclic) bond motifs is 1. The first kappa shape index (κ1) is 12.6.